The average molecular weight is 415 g/mol. The third-order valence-corrected chi connectivity index (χ3v) is 5.33. The molecule has 3 aromatic heterocycles. The van der Waals surface area contributed by atoms with Crippen LogP contribution >= 0.6 is 11.3 Å². The van der Waals surface area contributed by atoms with Crippen LogP contribution in [0.5, 0.6) is 0 Å². The normalized spacial score (nSPS) is 17.8. The van der Waals surface area contributed by atoms with Crippen molar-refractivity contribution in [2.75, 3.05) is 41.8 Å². The van der Waals surface area contributed by atoms with Crippen LogP contribution in [-0.2, 0) is 10.3 Å². The molecule has 2 aliphatic rings. The molecule has 0 atom stereocenters. The predicted octanol–water partition coefficient (Wildman–Crippen LogP) is 1.94. The van der Waals surface area contributed by atoms with Crippen molar-refractivity contribution in [2.24, 2.45) is 0 Å². The Bertz CT molecular complexity index is 975. The fourth-order valence-electron chi connectivity index (χ4n) is 3.07. The molecule has 12 heteroatoms. The van der Waals surface area contributed by atoms with Crippen LogP contribution < -0.4 is 15.5 Å². The number of rotatable bonds is 6. The quantitative estimate of drug-likeness (QED) is 0.619. The van der Waals surface area contributed by atoms with E-state index in [1.165, 1.54) is 23.7 Å². The first-order valence-corrected chi connectivity index (χ1v) is 10.1. The number of hydrogen-bond acceptors (Lipinski definition) is 11. The summed E-state index contributed by atoms with van der Waals surface area (Å²) < 4.78 is 18.6. The fourth-order valence-corrected chi connectivity index (χ4v) is 3.56. The van der Waals surface area contributed by atoms with Gasteiger partial charge in [0.2, 0.25) is 17.8 Å². The Morgan fingerprint density at radius 1 is 1.03 bits per heavy atom. The number of thiazole rings is 1. The van der Waals surface area contributed by atoms with Gasteiger partial charge in [0.15, 0.2) is 11.6 Å². The van der Waals surface area contributed by atoms with E-state index in [-0.39, 0.29) is 0 Å². The zero-order valence-corrected chi connectivity index (χ0v) is 16.2. The van der Waals surface area contributed by atoms with E-state index in [4.69, 9.17) is 4.74 Å². The third kappa shape index (κ3) is 3.93. The number of ether oxygens (including phenoxy) is 1. The molecule has 1 aliphatic carbocycles. The molecule has 4 heterocycles. The summed E-state index contributed by atoms with van der Waals surface area (Å²) in [6.45, 7) is 2.64. The highest BCUT2D eigenvalue weighted by molar-refractivity contribution is 7.07. The molecule has 1 saturated carbocycles. The Morgan fingerprint density at radius 2 is 1.79 bits per heavy atom. The Hall–Kier alpha value is -2.99. The van der Waals surface area contributed by atoms with E-state index in [1.807, 2.05) is 5.38 Å². The predicted molar refractivity (Wildman–Crippen MR) is 105 cm³/mol. The van der Waals surface area contributed by atoms with Crippen LogP contribution in [0.2, 0.25) is 0 Å². The monoisotopic (exact) mass is 415 g/mol. The molecular weight excluding hydrogens is 397 g/mol. The Labute approximate surface area is 169 Å². The van der Waals surface area contributed by atoms with E-state index in [9.17, 15) is 4.39 Å². The molecule has 3 aromatic rings. The second kappa shape index (κ2) is 7.44. The molecule has 0 radical (unpaired) electrons. The van der Waals surface area contributed by atoms with Gasteiger partial charge in [-0.15, -0.1) is 11.3 Å². The number of nitrogens with one attached hydrogen (secondary N) is 2. The third-order valence-electron chi connectivity index (χ3n) is 4.74. The van der Waals surface area contributed by atoms with Gasteiger partial charge >= 0.3 is 0 Å². The fraction of sp³-hybridized carbons (Fsp3) is 0.412. The molecule has 0 bridgehead atoms. The summed E-state index contributed by atoms with van der Waals surface area (Å²) in [7, 11) is 0. The Morgan fingerprint density at radius 3 is 2.48 bits per heavy atom. The average Bonchev–Trinajstić information content (AvgIpc) is 3.33. The van der Waals surface area contributed by atoms with E-state index >= 15 is 0 Å². The van der Waals surface area contributed by atoms with E-state index in [2.05, 4.69) is 45.4 Å². The zero-order valence-electron chi connectivity index (χ0n) is 15.4. The van der Waals surface area contributed by atoms with Gasteiger partial charge < -0.3 is 20.3 Å². The molecule has 0 spiro atoms. The molecule has 1 saturated heterocycles. The molecule has 0 aromatic carbocycles. The first-order valence-electron chi connectivity index (χ1n) is 9.20. The molecule has 29 heavy (non-hydrogen) atoms. The van der Waals surface area contributed by atoms with Crippen molar-refractivity contribution in [3.8, 4) is 0 Å². The maximum atomic E-state index is 13.2. The maximum absolute atomic E-state index is 13.2. The summed E-state index contributed by atoms with van der Waals surface area (Å²) in [6.07, 6.45) is 3.97. The molecule has 0 unspecified atom stereocenters. The summed E-state index contributed by atoms with van der Waals surface area (Å²) in [6, 6.07) is 0. The summed E-state index contributed by atoms with van der Waals surface area (Å²) in [5.74, 6) is 2.09. The van der Waals surface area contributed by atoms with Crippen molar-refractivity contribution in [1.82, 2.24) is 29.9 Å². The molecular formula is C17H18FN9OS. The summed E-state index contributed by atoms with van der Waals surface area (Å²) in [5, 5.41) is 8.33. The van der Waals surface area contributed by atoms with E-state index in [1.54, 1.807) is 5.51 Å². The lowest BCUT2D eigenvalue weighted by Gasteiger charge is -2.27. The number of anilines is 4. The van der Waals surface area contributed by atoms with Crippen LogP contribution in [-0.4, -0.2) is 56.2 Å². The molecule has 1 aliphatic heterocycles. The van der Waals surface area contributed by atoms with Crippen molar-refractivity contribution < 1.29 is 9.13 Å². The van der Waals surface area contributed by atoms with Crippen molar-refractivity contribution in [3.63, 3.8) is 0 Å². The van der Waals surface area contributed by atoms with Crippen LogP contribution in [0.25, 0.3) is 0 Å². The lowest BCUT2D eigenvalue weighted by molar-refractivity contribution is 0.122. The first-order chi connectivity index (χ1) is 14.2. The lowest BCUT2D eigenvalue weighted by atomic mass is 10.2. The molecule has 2 fully saturated rings. The van der Waals surface area contributed by atoms with Crippen molar-refractivity contribution in [3.05, 3.63) is 34.9 Å². The van der Waals surface area contributed by atoms with Gasteiger partial charge in [-0.2, -0.15) is 15.0 Å². The summed E-state index contributed by atoms with van der Waals surface area (Å²) in [5.41, 5.74) is 1.24. The van der Waals surface area contributed by atoms with Gasteiger partial charge in [0.05, 0.1) is 31.1 Å². The molecule has 0 amide bonds. The molecule has 2 N–H and O–H groups in total. The highest BCUT2D eigenvalue weighted by Crippen LogP contribution is 2.46. The van der Waals surface area contributed by atoms with Gasteiger partial charge in [-0.05, 0) is 12.8 Å². The Balaban J connectivity index is 1.45. The highest BCUT2D eigenvalue weighted by atomic mass is 32.1. The van der Waals surface area contributed by atoms with Crippen LogP contribution in [0.1, 0.15) is 18.7 Å². The minimum atomic E-state index is -0.491. The van der Waals surface area contributed by atoms with Crippen molar-refractivity contribution in [2.45, 2.75) is 18.4 Å². The van der Waals surface area contributed by atoms with Crippen LogP contribution in [0.3, 0.4) is 0 Å². The Kier molecular flexibility index (Phi) is 4.64. The van der Waals surface area contributed by atoms with Gasteiger partial charge in [0.1, 0.15) is 11.4 Å². The second-order valence-corrected chi connectivity index (χ2v) is 7.53. The standard InChI is InChI=1S/C17H18FN9OS/c18-11-7-19-13(20-8-11)17(1-2-17)26-15-23-14(22-12-9-29-10-21-12)24-16(25-15)27-3-5-28-6-4-27/h7-10H,1-6H2,(H2,22,23,24,25,26). The van der Waals surface area contributed by atoms with Gasteiger partial charge in [-0.25, -0.2) is 19.3 Å². The van der Waals surface area contributed by atoms with Crippen LogP contribution in [0.4, 0.5) is 28.1 Å². The summed E-state index contributed by atoms with van der Waals surface area (Å²) >= 11 is 1.48. The SMILES string of the molecule is Fc1cnc(C2(Nc3nc(Nc4cscn4)nc(N4CCOCC4)n3)CC2)nc1. The maximum Gasteiger partial charge on any atom is 0.235 e. The topological polar surface area (TPSA) is 114 Å². The van der Waals surface area contributed by atoms with Gasteiger partial charge in [-0.3, -0.25) is 0 Å². The van der Waals surface area contributed by atoms with Crippen LogP contribution in [0, 0.1) is 5.82 Å². The largest absolute Gasteiger partial charge is 0.378 e. The molecule has 150 valence electrons. The van der Waals surface area contributed by atoms with Gasteiger partial charge in [0, 0.05) is 18.5 Å². The second-order valence-electron chi connectivity index (χ2n) is 6.81. The van der Waals surface area contributed by atoms with E-state index in [0.29, 0.717) is 55.8 Å². The number of halogens is 1. The van der Waals surface area contributed by atoms with Crippen LogP contribution in [0.15, 0.2) is 23.3 Å². The number of morpholine rings is 1. The lowest BCUT2D eigenvalue weighted by Crippen LogP contribution is -2.37. The van der Waals surface area contributed by atoms with Gasteiger partial charge in [0.25, 0.3) is 0 Å². The van der Waals surface area contributed by atoms with E-state index < -0.39 is 11.4 Å². The van der Waals surface area contributed by atoms with E-state index in [0.717, 1.165) is 12.8 Å². The zero-order chi connectivity index (χ0) is 19.7. The van der Waals surface area contributed by atoms with Crippen molar-refractivity contribution in [1.29, 1.82) is 0 Å². The first kappa shape index (κ1) is 18.1. The number of hydrogen-bond donors (Lipinski definition) is 2. The van der Waals surface area contributed by atoms with Gasteiger partial charge in [-0.1, -0.05) is 0 Å². The molecule has 5 rings (SSSR count). The smallest absolute Gasteiger partial charge is 0.235 e. The highest BCUT2D eigenvalue weighted by Gasteiger charge is 2.48. The summed E-state index contributed by atoms with van der Waals surface area (Å²) in [4.78, 5) is 28.2. The van der Waals surface area contributed by atoms with Crippen molar-refractivity contribution >= 4 is 35.0 Å². The minimum absolute atomic E-state index is 0.394. The number of aromatic nitrogens is 6. The number of nitrogens with zero attached hydrogens (tertiary/aromatic N) is 7. The molecule has 10 nitrogen and oxygen atoms in total. The minimum Gasteiger partial charge on any atom is -0.378 e.